The number of aromatic nitrogens is 6. The van der Waals surface area contributed by atoms with Gasteiger partial charge in [-0.3, -0.25) is 19.6 Å². The number of hydrogen-bond donors (Lipinski definition) is 7. The molecule has 250 valence electrons. The van der Waals surface area contributed by atoms with Crippen molar-refractivity contribution in [2.75, 3.05) is 16.2 Å². The summed E-state index contributed by atoms with van der Waals surface area (Å²) in [5.74, 6) is -0.803. The van der Waals surface area contributed by atoms with Crippen molar-refractivity contribution in [1.82, 2.24) is 29.6 Å². The second-order valence-electron chi connectivity index (χ2n) is 10.2. The average Bonchev–Trinajstić information content (AvgIpc) is 3.62. The highest BCUT2D eigenvalue weighted by Gasteiger charge is 2.21. The highest BCUT2D eigenvalue weighted by atomic mass is 19.1. The van der Waals surface area contributed by atoms with Crippen LogP contribution < -0.4 is 27.5 Å². The second kappa shape index (κ2) is 14.3. The minimum Gasteiger partial charge on any atom is -0.478 e. The Hall–Kier alpha value is -6.89. The van der Waals surface area contributed by atoms with Gasteiger partial charge >= 0.3 is 11.9 Å². The van der Waals surface area contributed by atoms with Crippen molar-refractivity contribution in [3.8, 4) is 5.82 Å². The Kier molecular flexibility index (Phi) is 9.74. The van der Waals surface area contributed by atoms with Crippen molar-refractivity contribution in [3.63, 3.8) is 0 Å². The zero-order valence-electron chi connectivity index (χ0n) is 25.0. The van der Waals surface area contributed by atoms with Crippen LogP contribution in [0.3, 0.4) is 0 Å². The number of hydrogen-bond acceptors (Lipinski definition) is 11. The summed E-state index contributed by atoms with van der Waals surface area (Å²) in [5.41, 5.74) is -0.0820. The maximum atomic E-state index is 15.1. The number of carboxylic acids is 2. The maximum Gasteiger partial charge on any atom is 0.337 e. The quantitative estimate of drug-likeness (QED) is 0.0742. The first kappa shape index (κ1) is 33.5. The Bertz CT molecular complexity index is 2140. The van der Waals surface area contributed by atoms with Crippen molar-refractivity contribution in [1.29, 1.82) is 5.41 Å². The van der Waals surface area contributed by atoms with Gasteiger partial charge in [0.2, 0.25) is 0 Å². The number of benzene rings is 2. The number of halogens is 2. The molecule has 0 aliphatic heterocycles. The van der Waals surface area contributed by atoms with Crippen molar-refractivity contribution in [2.45, 2.75) is 19.3 Å². The number of nitrogen functional groups attached to an aromatic ring is 1. The molecule has 2 aromatic carbocycles. The summed E-state index contributed by atoms with van der Waals surface area (Å²) < 4.78 is 31.6. The number of nitrogens with one attached hydrogen (secondary N) is 4. The number of amides is 2. The van der Waals surface area contributed by atoms with Crippen LogP contribution in [-0.4, -0.2) is 63.6 Å². The largest absolute Gasteiger partial charge is 0.478 e. The van der Waals surface area contributed by atoms with E-state index in [1.54, 1.807) is 10.8 Å². The number of imidazole rings is 1. The van der Waals surface area contributed by atoms with Gasteiger partial charge in [0.25, 0.3) is 11.8 Å². The van der Waals surface area contributed by atoms with Gasteiger partial charge in [0, 0.05) is 12.4 Å². The van der Waals surface area contributed by atoms with Crippen LogP contribution >= 0.6 is 0 Å². The van der Waals surface area contributed by atoms with Crippen molar-refractivity contribution in [3.05, 3.63) is 118 Å². The lowest BCUT2D eigenvalue weighted by molar-refractivity contribution is 0.0686. The fraction of sp³-hybridized carbons (Fsp3) is 0.100. The standard InChI is InChI=1S/C30H25F2N11O6/c31-19-12-18(30(48)49)23(36-27(44)21-5-7-26(39-38-21)42-9-8-35-14-42)11-16(19)3-1-2-15-10-17(29(46)47)24(13-20(15)32)37-28(45)22-4-6-25(33)43(40-22)41-34/h4-14,33,41H,1-3,34H2,(H,36,44)(H,37,45)(H,46,47)(H,48,49). The molecule has 8 N–H and O–H groups in total. The number of aryl methyl sites for hydroxylation is 2. The molecule has 3 heterocycles. The molecular weight excluding hydrogens is 648 g/mol. The first-order chi connectivity index (χ1) is 23.4. The van der Waals surface area contributed by atoms with Crippen molar-refractivity contribution < 1.29 is 38.2 Å². The number of carboxylic acid groups (broad SMARTS) is 2. The van der Waals surface area contributed by atoms with Crippen LogP contribution in [0.1, 0.15) is 59.2 Å². The fourth-order valence-corrected chi connectivity index (χ4v) is 4.64. The molecule has 0 saturated heterocycles. The van der Waals surface area contributed by atoms with E-state index in [4.69, 9.17) is 11.3 Å². The molecule has 0 fully saturated rings. The molecule has 17 nitrogen and oxygen atoms in total. The smallest absolute Gasteiger partial charge is 0.337 e. The molecule has 0 spiro atoms. The number of hydrazine groups is 1. The average molecular weight is 674 g/mol. The Balaban J connectivity index is 1.30. The van der Waals surface area contributed by atoms with E-state index in [2.05, 4.69) is 36.4 Å². The number of anilines is 2. The third-order valence-electron chi connectivity index (χ3n) is 7.06. The molecule has 0 atom stereocenters. The van der Waals surface area contributed by atoms with Crippen LogP contribution in [0.5, 0.6) is 0 Å². The second-order valence-corrected chi connectivity index (χ2v) is 10.2. The molecule has 5 aromatic rings. The molecule has 0 saturated carbocycles. The number of rotatable bonds is 12. The lowest BCUT2D eigenvalue weighted by Crippen LogP contribution is -2.36. The molecule has 0 bridgehead atoms. The van der Waals surface area contributed by atoms with E-state index in [1.807, 2.05) is 0 Å². The van der Waals surface area contributed by atoms with E-state index in [9.17, 15) is 33.8 Å². The summed E-state index contributed by atoms with van der Waals surface area (Å²) in [7, 11) is 0. The number of nitrogens with two attached hydrogens (primary N) is 1. The molecule has 2 amide bonds. The molecule has 49 heavy (non-hydrogen) atoms. The number of aromatic carboxylic acids is 2. The lowest BCUT2D eigenvalue weighted by Gasteiger charge is -2.13. The van der Waals surface area contributed by atoms with Gasteiger partial charge in [0.05, 0.1) is 22.5 Å². The molecular formula is C30H25F2N11O6. The van der Waals surface area contributed by atoms with Gasteiger partial charge in [-0.05, 0) is 78.9 Å². The van der Waals surface area contributed by atoms with Crippen molar-refractivity contribution >= 4 is 35.1 Å². The van der Waals surface area contributed by atoms with Gasteiger partial charge in [0.1, 0.15) is 18.0 Å². The Labute approximate surface area is 273 Å². The molecule has 5 rings (SSSR count). The van der Waals surface area contributed by atoms with Crippen LogP contribution in [-0.2, 0) is 12.8 Å². The van der Waals surface area contributed by atoms with Crippen LogP contribution in [0.15, 0.2) is 67.3 Å². The Morgan fingerprint density at radius 2 is 1.43 bits per heavy atom. The minimum atomic E-state index is -1.50. The van der Waals surface area contributed by atoms with E-state index in [0.29, 0.717) is 5.82 Å². The monoisotopic (exact) mass is 673 g/mol. The predicted molar refractivity (Wildman–Crippen MR) is 165 cm³/mol. The van der Waals surface area contributed by atoms with Gasteiger partial charge < -0.3 is 20.8 Å². The minimum absolute atomic E-state index is 0.00000406. The highest BCUT2D eigenvalue weighted by Crippen LogP contribution is 2.26. The zero-order valence-corrected chi connectivity index (χ0v) is 25.0. The van der Waals surface area contributed by atoms with E-state index in [0.717, 1.165) is 29.1 Å². The first-order valence-corrected chi connectivity index (χ1v) is 14.1. The van der Waals surface area contributed by atoms with Crippen LogP contribution in [0.4, 0.5) is 20.2 Å². The van der Waals surface area contributed by atoms with E-state index >= 15 is 4.39 Å². The first-order valence-electron chi connectivity index (χ1n) is 14.1. The van der Waals surface area contributed by atoms with Gasteiger partial charge in [-0.2, -0.15) is 0 Å². The van der Waals surface area contributed by atoms with Gasteiger partial charge in [0.15, 0.2) is 22.7 Å². The topological polar surface area (TPSA) is 256 Å². The van der Waals surface area contributed by atoms with Crippen molar-refractivity contribution in [2.24, 2.45) is 5.84 Å². The fourth-order valence-electron chi connectivity index (χ4n) is 4.64. The summed E-state index contributed by atoms with van der Waals surface area (Å²) in [6, 6.07) is 9.00. The molecule has 0 aliphatic carbocycles. The molecule has 0 aliphatic rings. The normalized spacial score (nSPS) is 10.8. The van der Waals surface area contributed by atoms with Crippen LogP contribution in [0.25, 0.3) is 5.82 Å². The zero-order chi connectivity index (χ0) is 35.2. The van der Waals surface area contributed by atoms with Gasteiger partial charge in [-0.15, -0.1) is 20.1 Å². The SMILES string of the molecule is N=c1ccc(C(=O)Nc2cc(F)c(CCCc3cc(NC(=O)c4ccc(-n5ccnc5)nn4)c(C(=O)O)cc3F)cc2C(=O)O)nn1NN. The van der Waals surface area contributed by atoms with Crippen LogP contribution in [0, 0.1) is 17.0 Å². The Morgan fingerprint density at radius 1 is 0.816 bits per heavy atom. The third kappa shape index (κ3) is 7.58. The van der Waals surface area contributed by atoms with E-state index in [1.165, 1.54) is 36.8 Å². The highest BCUT2D eigenvalue weighted by molar-refractivity contribution is 6.07. The number of nitrogens with zero attached hydrogens (tertiary/aromatic N) is 6. The molecule has 0 radical (unpaired) electrons. The number of carbonyl (C=O) groups is 4. The number of carbonyl (C=O) groups excluding carboxylic acids is 2. The van der Waals surface area contributed by atoms with Crippen LogP contribution in [0.2, 0.25) is 0 Å². The van der Waals surface area contributed by atoms with Gasteiger partial charge in [-0.1, -0.05) is 0 Å². The Morgan fingerprint density at radius 3 is 2.04 bits per heavy atom. The summed E-state index contributed by atoms with van der Waals surface area (Å²) in [6.07, 6.45) is 4.58. The summed E-state index contributed by atoms with van der Waals surface area (Å²) in [5, 5.41) is 43.3. The van der Waals surface area contributed by atoms with E-state index < -0.39 is 46.5 Å². The third-order valence-corrected chi connectivity index (χ3v) is 7.06. The molecule has 19 heteroatoms. The summed E-state index contributed by atoms with van der Waals surface area (Å²) in [4.78, 5) is 54.0. The summed E-state index contributed by atoms with van der Waals surface area (Å²) >= 11 is 0. The summed E-state index contributed by atoms with van der Waals surface area (Å²) in [6.45, 7) is 0. The van der Waals surface area contributed by atoms with Gasteiger partial charge in [-0.25, -0.2) is 34.7 Å². The lowest BCUT2D eigenvalue weighted by atomic mass is 9.99. The van der Waals surface area contributed by atoms with E-state index in [-0.39, 0.29) is 58.6 Å². The maximum absolute atomic E-state index is 15.1. The molecule has 3 aromatic heterocycles. The predicted octanol–water partition coefficient (Wildman–Crippen LogP) is 2.11. The molecule has 0 unspecified atom stereocenters.